The average Bonchev–Trinajstić information content (AvgIpc) is 2.54. The van der Waals surface area contributed by atoms with E-state index in [9.17, 15) is 19.7 Å². The summed E-state index contributed by atoms with van der Waals surface area (Å²) >= 11 is 3.33. The van der Waals surface area contributed by atoms with Gasteiger partial charge in [0, 0.05) is 15.8 Å². The van der Waals surface area contributed by atoms with Crippen molar-refractivity contribution < 1.29 is 19.2 Å². The van der Waals surface area contributed by atoms with Crippen molar-refractivity contribution in [1.82, 2.24) is 0 Å². The van der Waals surface area contributed by atoms with Gasteiger partial charge in [0.05, 0.1) is 12.5 Å². The first-order valence-corrected chi connectivity index (χ1v) is 8.79. The molecule has 130 valence electrons. The van der Waals surface area contributed by atoms with Crippen molar-refractivity contribution in [2.75, 3.05) is 13.2 Å². The van der Waals surface area contributed by atoms with Crippen molar-refractivity contribution in [3.63, 3.8) is 0 Å². The van der Waals surface area contributed by atoms with Crippen molar-refractivity contribution in [2.24, 2.45) is 5.41 Å². The van der Waals surface area contributed by atoms with E-state index in [2.05, 4.69) is 15.9 Å². The van der Waals surface area contributed by atoms with Crippen LogP contribution in [0, 0.1) is 15.5 Å². The molecule has 6 nitrogen and oxygen atoms in total. The molecule has 0 aromatic heterocycles. The number of benzene rings is 1. The van der Waals surface area contributed by atoms with Crippen molar-refractivity contribution >= 4 is 27.7 Å². The Labute approximate surface area is 148 Å². The van der Waals surface area contributed by atoms with Gasteiger partial charge in [-0.05, 0) is 37.5 Å². The van der Waals surface area contributed by atoms with E-state index in [1.54, 1.807) is 31.2 Å². The van der Waals surface area contributed by atoms with Gasteiger partial charge in [0.1, 0.15) is 5.41 Å². The van der Waals surface area contributed by atoms with Crippen LogP contribution in [0.4, 0.5) is 0 Å². The number of hydrogen-bond donors (Lipinski definition) is 0. The molecule has 2 atom stereocenters. The Morgan fingerprint density at radius 3 is 2.58 bits per heavy atom. The maximum absolute atomic E-state index is 12.8. The lowest BCUT2D eigenvalue weighted by Gasteiger charge is -2.38. The van der Waals surface area contributed by atoms with Crippen LogP contribution in [0.25, 0.3) is 0 Å². The lowest BCUT2D eigenvalue weighted by molar-refractivity contribution is -0.485. The van der Waals surface area contributed by atoms with E-state index in [4.69, 9.17) is 4.74 Å². The van der Waals surface area contributed by atoms with Crippen molar-refractivity contribution in [3.05, 3.63) is 44.4 Å². The highest BCUT2D eigenvalue weighted by atomic mass is 79.9. The maximum atomic E-state index is 12.8. The molecule has 1 aromatic rings. The number of Topliss-reactive ketones (excluding diaryl/α,β-unsaturated/α-hetero) is 1. The minimum absolute atomic E-state index is 0.138. The van der Waals surface area contributed by atoms with Gasteiger partial charge in [-0.2, -0.15) is 0 Å². The number of hydrogen-bond acceptors (Lipinski definition) is 5. The molecule has 0 amide bonds. The topological polar surface area (TPSA) is 86.5 Å². The number of nitro groups is 1. The highest BCUT2D eigenvalue weighted by Gasteiger charge is 2.55. The Hall–Kier alpha value is -1.76. The van der Waals surface area contributed by atoms with Crippen LogP contribution in [0.5, 0.6) is 0 Å². The molecule has 1 aliphatic carbocycles. The summed E-state index contributed by atoms with van der Waals surface area (Å²) in [5.41, 5.74) is -0.854. The third kappa shape index (κ3) is 3.66. The fourth-order valence-electron chi connectivity index (χ4n) is 3.43. The van der Waals surface area contributed by atoms with E-state index in [1.807, 2.05) is 0 Å². The van der Waals surface area contributed by atoms with Crippen LogP contribution in [0.15, 0.2) is 28.7 Å². The molecule has 2 rings (SSSR count). The van der Waals surface area contributed by atoms with Crippen molar-refractivity contribution in [1.29, 1.82) is 0 Å². The second kappa shape index (κ2) is 7.88. The molecular weight excluding hydrogens is 378 g/mol. The molecule has 1 aromatic carbocycles. The molecule has 0 heterocycles. The number of ketones is 1. The summed E-state index contributed by atoms with van der Waals surface area (Å²) in [5, 5.41) is 11.3. The van der Waals surface area contributed by atoms with Gasteiger partial charge in [-0.15, -0.1) is 0 Å². The fraction of sp³-hybridized carbons (Fsp3) is 0.529. The molecule has 0 N–H and O–H groups in total. The van der Waals surface area contributed by atoms with Gasteiger partial charge in [-0.3, -0.25) is 19.7 Å². The summed E-state index contributed by atoms with van der Waals surface area (Å²) in [6, 6.07) is 6.96. The molecule has 0 unspecified atom stereocenters. The van der Waals surface area contributed by atoms with Gasteiger partial charge in [0.2, 0.25) is 6.54 Å². The molecule has 0 radical (unpaired) electrons. The fourth-order valence-corrected chi connectivity index (χ4v) is 3.69. The summed E-state index contributed by atoms with van der Waals surface area (Å²) in [6.45, 7) is 1.33. The maximum Gasteiger partial charge on any atom is 0.320 e. The number of halogens is 1. The van der Waals surface area contributed by atoms with Gasteiger partial charge >= 0.3 is 5.97 Å². The first-order valence-electron chi connectivity index (χ1n) is 7.99. The van der Waals surface area contributed by atoms with E-state index >= 15 is 0 Å². The van der Waals surface area contributed by atoms with Crippen LogP contribution in [0.3, 0.4) is 0 Å². The number of carbonyl (C=O) groups excluding carboxylic acids is 2. The van der Waals surface area contributed by atoms with Gasteiger partial charge in [0.15, 0.2) is 5.78 Å². The van der Waals surface area contributed by atoms with Gasteiger partial charge in [0.25, 0.3) is 0 Å². The molecule has 0 saturated heterocycles. The van der Waals surface area contributed by atoms with Crippen LogP contribution in [-0.4, -0.2) is 29.8 Å². The Morgan fingerprint density at radius 1 is 1.38 bits per heavy atom. The van der Waals surface area contributed by atoms with Gasteiger partial charge < -0.3 is 4.74 Å². The minimum Gasteiger partial charge on any atom is -0.465 e. The molecule has 1 saturated carbocycles. The third-order valence-corrected chi connectivity index (χ3v) is 5.09. The van der Waals surface area contributed by atoms with Crippen molar-refractivity contribution in [2.45, 2.75) is 38.5 Å². The molecule has 7 heteroatoms. The number of nitrogens with zero attached hydrogens (tertiary/aromatic N) is 1. The Bertz CT molecular complexity index is 630. The number of carbonyl (C=O) groups is 2. The molecular formula is C17H20BrNO5. The smallest absolute Gasteiger partial charge is 0.320 e. The van der Waals surface area contributed by atoms with E-state index in [0.717, 1.165) is 4.47 Å². The summed E-state index contributed by atoms with van der Waals surface area (Å²) < 4.78 is 6.00. The summed E-state index contributed by atoms with van der Waals surface area (Å²) in [7, 11) is 0. The first kappa shape index (κ1) is 18.6. The SMILES string of the molecule is CCOC(=O)[C@@]1([C@@H](C[N+](=O)[O-])c2ccc(Br)cc2)CCCCC1=O. The number of rotatable bonds is 6. The predicted octanol–water partition coefficient (Wildman–Crippen LogP) is 3.50. The second-order valence-electron chi connectivity index (χ2n) is 5.94. The summed E-state index contributed by atoms with van der Waals surface area (Å²) in [5.74, 6) is -1.71. The summed E-state index contributed by atoms with van der Waals surface area (Å²) in [6.07, 6.45) is 1.92. The highest BCUT2D eigenvalue weighted by molar-refractivity contribution is 9.10. The Morgan fingerprint density at radius 2 is 2.04 bits per heavy atom. The zero-order valence-corrected chi connectivity index (χ0v) is 15.1. The normalized spacial score (nSPS) is 22.0. The van der Waals surface area contributed by atoms with Crippen LogP contribution in [0.1, 0.15) is 44.1 Å². The van der Waals surface area contributed by atoms with E-state index in [1.165, 1.54) is 0 Å². The lowest BCUT2D eigenvalue weighted by Crippen LogP contribution is -2.49. The zero-order chi connectivity index (χ0) is 17.7. The van der Waals surface area contributed by atoms with Crippen LogP contribution in [-0.2, 0) is 14.3 Å². The highest BCUT2D eigenvalue weighted by Crippen LogP contribution is 2.46. The Kier molecular flexibility index (Phi) is 6.10. The zero-order valence-electron chi connectivity index (χ0n) is 13.5. The molecule has 1 aliphatic rings. The summed E-state index contributed by atoms with van der Waals surface area (Å²) in [4.78, 5) is 36.3. The van der Waals surface area contributed by atoms with E-state index in [-0.39, 0.29) is 18.8 Å². The van der Waals surface area contributed by atoms with Crippen LogP contribution < -0.4 is 0 Å². The molecule has 1 fully saturated rings. The molecule has 0 aliphatic heterocycles. The van der Waals surface area contributed by atoms with Crippen molar-refractivity contribution in [3.8, 4) is 0 Å². The number of ether oxygens (including phenoxy) is 1. The predicted molar refractivity (Wildman–Crippen MR) is 91.3 cm³/mol. The monoisotopic (exact) mass is 397 g/mol. The second-order valence-corrected chi connectivity index (χ2v) is 6.86. The third-order valence-electron chi connectivity index (χ3n) is 4.56. The van der Waals surface area contributed by atoms with Crippen LogP contribution >= 0.6 is 15.9 Å². The van der Waals surface area contributed by atoms with Gasteiger partial charge in [-0.25, -0.2) is 0 Å². The van der Waals surface area contributed by atoms with E-state index < -0.39 is 28.8 Å². The first-order chi connectivity index (χ1) is 11.4. The quantitative estimate of drug-likeness (QED) is 0.317. The largest absolute Gasteiger partial charge is 0.465 e. The molecule has 0 bridgehead atoms. The lowest BCUT2D eigenvalue weighted by atomic mass is 9.63. The van der Waals surface area contributed by atoms with Gasteiger partial charge in [-0.1, -0.05) is 34.5 Å². The average molecular weight is 398 g/mol. The minimum atomic E-state index is -1.46. The molecule has 0 spiro atoms. The van der Waals surface area contributed by atoms with Crippen LogP contribution in [0.2, 0.25) is 0 Å². The van der Waals surface area contributed by atoms with E-state index in [0.29, 0.717) is 24.8 Å². The number of esters is 1. The standard InChI is InChI=1S/C17H20BrNO5/c1-2-24-16(21)17(10-4-3-5-15(17)20)14(11-19(22)23)12-6-8-13(18)9-7-12/h6-9,14H,2-5,10-11H2,1H3/t14-,17+/m0/s1. The Balaban J connectivity index is 2.55. The molecule has 24 heavy (non-hydrogen) atoms.